The fraction of sp³-hybridized carbons (Fsp3) is 0.450. The van der Waals surface area contributed by atoms with Crippen molar-refractivity contribution in [2.75, 3.05) is 13.1 Å². The molecule has 1 aromatic carbocycles. The van der Waals surface area contributed by atoms with Gasteiger partial charge < -0.3 is 9.47 Å². The van der Waals surface area contributed by atoms with Gasteiger partial charge in [-0.25, -0.2) is 0 Å². The Bertz CT molecular complexity index is 985. The molecule has 2 fully saturated rings. The van der Waals surface area contributed by atoms with Crippen LogP contribution in [0.5, 0.6) is 0 Å². The lowest BCUT2D eigenvalue weighted by Crippen LogP contribution is -2.37. The normalized spacial score (nSPS) is 18.3. The topological polar surface area (TPSA) is 53.9 Å². The highest BCUT2D eigenvalue weighted by atomic mass is 32.2. The highest BCUT2D eigenvalue weighted by molar-refractivity contribution is 8.00. The van der Waals surface area contributed by atoms with E-state index in [4.69, 9.17) is 12.2 Å². The second-order valence-electron chi connectivity index (χ2n) is 7.54. The molecule has 1 saturated carbocycles. The molecule has 0 spiro atoms. The van der Waals surface area contributed by atoms with E-state index in [-0.39, 0.29) is 28.5 Å². The van der Waals surface area contributed by atoms with Crippen molar-refractivity contribution in [3.05, 3.63) is 46.5 Å². The number of rotatable bonds is 5. The Balaban J connectivity index is 1.32. The van der Waals surface area contributed by atoms with Gasteiger partial charge in [0.15, 0.2) is 4.77 Å². The molecule has 10 heteroatoms. The van der Waals surface area contributed by atoms with Gasteiger partial charge in [0.2, 0.25) is 5.91 Å². The van der Waals surface area contributed by atoms with Crippen LogP contribution in [0.25, 0.3) is 6.08 Å². The first-order valence-corrected chi connectivity index (χ1v) is 11.0. The van der Waals surface area contributed by atoms with E-state index in [0.29, 0.717) is 29.5 Å². The van der Waals surface area contributed by atoms with Crippen molar-refractivity contribution >= 4 is 36.0 Å². The molecule has 1 amide bonds. The van der Waals surface area contributed by atoms with Crippen molar-refractivity contribution in [1.82, 2.24) is 19.7 Å². The number of H-pyrrole nitrogens is 1. The van der Waals surface area contributed by atoms with Gasteiger partial charge in [-0.15, -0.1) is 0 Å². The summed E-state index contributed by atoms with van der Waals surface area (Å²) in [5.74, 6) is 1.19. The number of benzene rings is 1. The van der Waals surface area contributed by atoms with Gasteiger partial charge in [-0.1, -0.05) is 12.1 Å². The molecule has 1 aliphatic carbocycles. The highest BCUT2D eigenvalue weighted by Crippen LogP contribution is 2.39. The Morgan fingerprint density at radius 2 is 1.83 bits per heavy atom. The Morgan fingerprint density at radius 3 is 2.43 bits per heavy atom. The Morgan fingerprint density at radius 1 is 1.17 bits per heavy atom. The van der Waals surface area contributed by atoms with Crippen molar-refractivity contribution in [3.63, 3.8) is 0 Å². The summed E-state index contributed by atoms with van der Waals surface area (Å²) >= 11 is 5.20. The number of hydrogen-bond donors (Lipinski definition) is 1. The molecular formula is C20H21F3N4OS2. The van der Waals surface area contributed by atoms with Gasteiger partial charge in [0, 0.05) is 36.0 Å². The molecule has 1 saturated heterocycles. The summed E-state index contributed by atoms with van der Waals surface area (Å²) in [7, 11) is 0. The number of aromatic amines is 1. The molecule has 0 atom stereocenters. The summed E-state index contributed by atoms with van der Waals surface area (Å²) in [5, 5.41) is 7.34. The SMILES string of the molecule is O=C(/C=C/c1ccc(SC(F)(F)F)cc1)N1CCC(c2n[nH]c(=S)n2C2CC2)CC1. The minimum Gasteiger partial charge on any atom is -0.339 e. The summed E-state index contributed by atoms with van der Waals surface area (Å²) in [6, 6.07) is 6.42. The zero-order chi connectivity index (χ0) is 21.3. The fourth-order valence-electron chi connectivity index (χ4n) is 3.70. The monoisotopic (exact) mass is 454 g/mol. The zero-order valence-corrected chi connectivity index (χ0v) is 17.7. The molecule has 0 bridgehead atoms. The number of hydrogen-bond acceptors (Lipinski definition) is 4. The van der Waals surface area contributed by atoms with E-state index in [1.54, 1.807) is 23.1 Å². The number of piperidine rings is 1. The molecule has 0 radical (unpaired) electrons. The zero-order valence-electron chi connectivity index (χ0n) is 16.1. The lowest BCUT2D eigenvalue weighted by atomic mass is 9.95. The van der Waals surface area contributed by atoms with Crippen LogP contribution in [0.15, 0.2) is 35.2 Å². The molecule has 1 aliphatic heterocycles. The number of nitrogens with zero attached hydrogens (tertiary/aromatic N) is 3. The molecule has 2 heterocycles. The van der Waals surface area contributed by atoms with Gasteiger partial charge in [0.25, 0.3) is 0 Å². The van der Waals surface area contributed by atoms with Crippen molar-refractivity contribution < 1.29 is 18.0 Å². The van der Waals surface area contributed by atoms with Crippen LogP contribution < -0.4 is 0 Å². The van der Waals surface area contributed by atoms with Gasteiger partial charge in [0.1, 0.15) is 5.82 Å². The van der Waals surface area contributed by atoms with E-state index < -0.39 is 5.51 Å². The number of halogens is 3. The van der Waals surface area contributed by atoms with E-state index >= 15 is 0 Å². The van der Waals surface area contributed by atoms with Crippen molar-refractivity contribution in [2.24, 2.45) is 0 Å². The fourth-order valence-corrected chi connectivity index (χ4v) is 4.53. The van der Waals surface area contributed by atoms with Gasteiger partial charge in [-0.3, -0.25) is 9.89 Å². The number of thioether (sulfide) groups is 1. The molecule has 0 unspecified atom stereocenters. The summed E-state index contributed by atoms with van der Waals surface area (Å²) in [4.78, 5) is 14.4. The number of carbonyl (C=O) groups excluding carboxylic acids is 1. The largest absolute Gasteiger partial charge is 0.446 e. The Labute approximate surface area is 181 Å². The number of aromatic nitrogens is 3. The van der Waals surface area contributed by atoms with Gasteiger partial charge in [0.05, 0.1) is 0 Å². The van der Waals surface area contributed by atoms with E-state index in [1.807, 2.05) is 0 Å². The van der Waals surface area contributed by atoms with E-state index in [1.165, 1.54) is 18.2 Å². The summed E-state index contributed by atoms with van der Waals surface area (Å²) < 4.78 is 40.0. The van der Waals surface area contributed by atoms with Crippen LogP contribution >= 0.6 is 24.0 Å². The minimum atomic E-state index is -4.31. The lowest BCUT2D eigenvalue weighted by molar-refractivity contribution is -0.127. The first kappa shape index (κ1) is 21.2. The Kier molecular flexibility index (Phi) is 6.06. The van der Waals surface area contributed by atoms with E-state index in [2.05, 4.69) is 14.8 Å². The molecule has 5 nitrogen and oxygen atoms in total. The van der Waals surface area contributed by atoms with Crippen LogP contribution in [0.1, 0.15) is 49.0 Å². The van der Waals surface area contributed by atoms with Crippen LogP contribution in [0, 0.1) is 4.77 Å². The molecule has 4 rings (SSSR count). The molecule has 1 N–H and O–H groups in total. The highest BCUT2D eigenvalue weighted by Gasteiger charge is 2.32. The van der Waals surface area contributed by atoms with Crippen molar-refractivity contribution in [1.29, 1.82) is 0 Å². The molecule has 2 aliphatic rings. The number of amides is 1. The summed E-state index contributed by atoms with van der Waals surface area (Å²) in [5.41, 5.74) is -3.62. The third-order valence-corrected chi connectivity index (χ3v) is 6.37. The average molecular weight is 455 g/mol. The maximum Gasteiger partial charge on any atom is 0.446 e. The molecule has 2 aromatic rings. The van der Waals surface area contributed by atoms with Crippen LogP contribution in [0.3, 0.4) is 0 Å². The smallest absolute Gasteiger partial charge is 0.339 e. The Hall–Kier alpha value is -2.07. The number of alkyl halides is 3. The first-order valence-electron chi connectivity index (χ1n) is 9.80. The summed E-state index contributed by atoms with van der Waals surface area (Å²) in [6.45, 7) is 1.28. The predicted octanol–water partition coefficient (Wildman–Crippen LogP) is 5.31. The van der Waals surface area contributed by atoms with Crippen LogP contribution in [-0.4, -0.2) is 44.2 Å². The molecule has 1 aromatic heterocycles. The van der Waals surface area contributed by atoms with Gasteiger partial charge >= 0.3 is 5.51 Å². The van der Waals surface area contributed by atoms with Crippen LogP contribution in [-0.2, 0) is 4.79 Å². The van der Waals surface area contributed by atoms with E-state index in [9.17, 15) is 18.0 Å². The molecule has 160 valence electrons. The lowest BCUT2D eigenvalue weighted by Gasteiger charge is -2.31. The van der Waals surface area contributed by atoms with Crippen molar-refractivity contribution in [3.8, 4) is 0 Å². The van der Waals surface area contributed by atoms with Gasteiger partial charge in [-0.2, -0.15) is 18.3 Å². The van der Waals surface area contributed by atoms with E-state index in [0.717, 1.165) is 31.5 Å². The first-order chi connectivity index (χ1) is 14.3. The predicted molar refractivity (Wildman–Crippen MR) is 112 cm³/mol. The van der Waals surface area contributed by atoms with Crippen LogP contribution in [0.2, 0.25) is 0 Å². The second kappa shape index (κ2) is 8.58. The third kappa shape index (κ3) is 5.15. The summed E-state index contributed by atoms with van der Waals surface area (Å²) in [6.07, 6.45) is 7.05. The maximum atomic E-state index is 12.5. The minimum absolute atomic E-state index is 0.0942. The van der Waals surface area contributed by atoms with Crippen LogP contribution in [0.4, 0.5) is 13.2 Å². The molecule has 30 heavy (non-hydrogen) atoms. The molecular weight excluding hydrogens is 433 g/mol. The average Bonchev–Trinajstić information content (AvgIpc) is 3.47. The number of likely N-dealkylation sites (tertiary alicyclic amines) is 1. The van der Waals surface area contributed by atoms with Crippen molar-refractivity contribution in [2.45, 2.75) is 48.0 Å². The quantitative estimate of drug-likeness (QED) is 0.378. The number of carbonyl (C=O) groups is 1. The number of nitrogens with one attached hydrogen (secondary N) is 1. The second-order valence-corrected chi connectivity index (χ2v) is 9.06. The van der Waals surface area contributed by atoms with Gasteiger partial charge in [-0.05, 0) is 73.4 Å². The maximum absolute atomic E-state index is 12.5. The third-order valence-electron chi connectivity index (χ3n) is 5.35. The standard InChI is InChI=1S/C20H21F3N4OS2/c21-20(22,23)30-16-6-1-13(2-7-16)3-8-17(28)26-11-9-14(10-12-26)18-24-25-19(29)27(18)15-4-5-15/h1-3,6-8,14-15H,4-5,9-12H2,(H,25,29)/b8-3+.